The second-order valence-electron chi connectivity index (χ2n) is 3.23. The molecule has 0 radical (unpaired) electrons. The predicted molar refractivity (Wildman–Crippen MR) is 49.7 cm³/mol. The molecule has 2 N–H and O–H groups in total. The number of aryl methyl sites for hydroxylation is 1. The lowest BCUT2D eigenvalue weighted by molar-refractivity contribution is -0.141. The lowest BCUT2D eigenvalue weighted by Gasteiger charge is -2.01. The normalized spacial score (nSPS) is 12.0. The molecule has 16 heavy (non-hydrogen) atoms. The number of halogens is 3. The maximum atomic E-state index is 12.3. The Balaban J connectivity index is 2.43. The molecular formula is C8H8F3N5. The molecule has 8 heteroatoms. The van der Waals surface area contributed by atoms with Crippen molar-refractivity contribution in [2.45, 2.75) is 6.18 Å². The van der Waals surface area contributed by atoms with Gasteiger partial charge in [0, 0.05) is 19.4 Å². The zero-order valence-electron chi connectivity index (χ0n) is 8.23. The molecule has 0 fully saturated rings. The summed E-state index contributed by atoms with van der Waals surface area (Å²) in [6.45, 7) is 0. The van der Waals surface area contributed by atoms with Gasteiger partial charge in [0.15, 0.2) is 11.5 Å². The molecule has 0 saturated heterocycles. The third-order valence-electron chi connectivity index (χ3n) is 1.93. The molecule has 0 aliphatic rings. The van der Waals surface area contributed by atoms with Gasteiger partial charge in [0.1, 0.15) is 0 Å². The Bertz CT molecular complexity index is 510. The van der Waals surface area contributed by atoms with Gasteiger partial charge in [-0.3, -0.25) is 4.68 Å². The third-order valence-corrected chi connectivity index (χ3v) is 1.93. The first-order chi connectivity index (χ1) is 7.38. The first-order valence-corrected chi connectivity index (χ1v) is 4.30. The highest BCUT2D eigenvalue weighted by Crippen LogP contribution is 2.28. The molecule has 2 heterocycles. The van der Waals surface area contributed by atoms with Gasteiger partial charge in [-0.1, -0.05) is 0 Å². The summed E-state index contributed by atoms with van der Waals surface area (Å²) in [7, 11) is 1.62. The van der Waals surface area contributed by atoms with E-state index in [-0.39, 0.29) is 11.5 Å². The standard InChI is InChI=1S/C8H8F3N5/c1-15-4-5(12)7(14-15)16-3-2-6(13-16)8(9,10)11/h2-4H,12H2,1H3. The van der Waals surface area contributed by atoms with Crippen LogP contribution in [-0.2, 0) is 13.2 Å². The van der Waals surface area contributed by atoms with Crippen LogP contribution >= 0.6 is 0 Å². The highest BCUT2D eigenvalue weighted by atomic mass is 19.4. The summed E-state index contributed by atoms with van der Waals surface area (Å²) in [5.41, 5.74) is 4.86. The number of nitrogens with zero attached hydrogens (tertiary/aromatic N) is 4. The molecule has 2 aromatic rings. The van der Waals surface area contributed by atoms with Gasteiger partial charge in [-0.15, -0.1) is 0 Å². The number of rotatable bonds is 1. The van der Waals surface area contributed by atoms with Gasteiger partial charge < -0.3 is 5.73 Å². The molecule has 0 bridgehead atoms. The Kier molecular flexibility index (Phi) is 2.14. The molecule has 2 aromatic heterocycles. The fraction of sp³-hybridized carbons (Fsp3) is 0.250. The Morgan fingerprint density at radius 1 is 1.31 bits per heavy atom. The van der Waals surface area contributed by atoms with Crippen molar-refractivity contribution < 1.29 is 13.2 Å². The second-order valence-corrected chi connectivity index (χ2v) is 3.23. The van der Waals surface area contributed by atoms with Crippen molar-refractivity contribution >= 4 is 5.69 Å². The van der Waals surface area contributed by atoms with E-state index < -0.39 is 11.9 Å². The maximum absolute atomic E-state index is 12.3. The minimum Gasteiger partial charge on any atom is -0.394 e. The number of hydrogen-bond acceptors (Lipinski definition) is 3. The topological polar surface area (TPSA) is 61.7 Å². The van der Waals surface area contributed by atoms with Crippen molar-refractivity contribution in [3.63, 3.8) is 0 Å². The number of nitrogen functional groups attached to an aromatic ring is 1. The highest BCUT2D eigenvalue weighted by molar-refractivity contribution is 5.51. The summed E-state index contributed by atoms with van der Waals surface area (Å²) in [5.74, 6) is 0.179. The summed E-state index contributed by atoms with van der Waals surface area (Å²) < 4.78 is 39.3. The van der Waals surface area contributed by atoms with Crippen LogP contribution in [0, 0.1) is 0 Å². The van der Waals surface area contributed by atoms with Crippen LogP contribution in [-0.4, -0.2) is 19.6 Å². The van der Waals surface area contributed by atoms with Gasteiger partial charge in [-0.05, 0) is 6.07 Å². The van der Waals surface area contributed by atoms with Gasteiger partial charge >= 0.3 is 6.18 Å². The summed E-state index contributed by atoms with van der Waals surface area (Å²) in [6, 6.07) is 0.869. The molecule has 0 spiro atoms. The lowest BCUT2D eigenvalue weighted by Crippen LogP contribution is -2.08. The van der Waals surface area contributed by atoms with Gasteiger partial charge in [-0.2, -0.15) is 23.4 Å². The molecule has 0 amide bonds. The third kappa shape index (κ3) is 1.73. The van der Waals surface area contributed by atoms with Crippen LogP contribution in [0.3, 0.4) is 0 Å². The second kappa shape index (κ2) is 3.26. The van der Waals surface area contributed by atoms with Gasteiger partial charge in [0.2, 0.25) is 0 Å². The number of hydrogen-bond donors (Lipinski definition) is 1. The Morgan fingerprint density at radius 2 is 2.00 bits per heavy atom. The van der Waals surface area contributed by atoms with Crippen LogP contribution < -0.4 is 5.73 Å². The number of anilines is 1. The fourth-order valence-corrected chi connectivity index (χ4v) is 1.27. The minimum absolute atomic E-state index is 0.179. The van der Waals surface area contributed by atoms with Crippen molar-refractivity contribution in [3.8, 4) is 5.82 Å². The van der Waals surface area contributed by atoms with Crippen molar-refractivity contribution in [3.05, 3.63) is 24.2 Å². The minimum atomic E-state index is -4.46. The van der Waals surface area contributed by atoms with Crippen LogP contribution in [0.1, 0.15) is 5.69 Å². The molecule has 0 aliphatic carbocycles. The monoisotopic (exact) mass is 231 g/mol. The Hall–Kier alpha value is -1.99. The van der Waals surface area contributed by atoms with E-state index in [9.17, 15) is 13.2 Å². The summed E-state index contributed by atoms with van der Waals surface area (Å²) in [5, 5.41) is 7.26. The largest absolute Gasteiger partial charge is 0.435 e. The molecule has 2 rings (SSSR count). The van der Waals surface area contributed by atoms with Gasteiger partial charge in [0.05, 0.1) is 5.69 Å². The van der Waals surface area contributed by atoms with Gasteiger partial charge in [-0.25, -0.2) is 4.68 Å². The molecule has 0 atom stereocenters. The molecule has 0 saturated carbocycles. The van der Waals surface area contributed by atoms with E-state index in [1.807, 2.05) is 0 Å². The average molecular weight is 231 g/mol. The van der Waals surface area contributed by atoms with E-state index in [1.54, 1.807) is 7.05 Å². The number of nitrogens with two attached hydrogens (primary N) is 1. The van der Waals surface area contributed by atoms with E-state index >= 15 is 0 Å². The van der Waals surface area contributed by atoms with Crippen LogP contribution in [0.15, 0.2) is 18.5 Å². The van der Waals surface area contributed by atoms with Crippen molar-refractivity contribution in [1.29, 1.82) is 0 Å². The molecule has 5 nitrogen and oxygen atoms in total. The van der Waals surface area contributed by atoms with Crippen molar-refractivity contribution in [2.24, 2.45) is 7.05 Å². The molecule has 0 aromatic carbocycles. The summed E-state index contributed by atoms with van der Waals surface area (Å²) in [4.78, 5) is 0. The summed E-state index contributed by atoms with van der Waals surface area (Å²) in [6.07, 6.45) is -1.80. The lowest BCUT2D eigenvalue weighted by atomic mass is 10.4. The summed E-state index contributed by atoms with van der Waals surface area (Å²) >= 11 is 0. The van der Waals surface area contributed by atoms with E-state index in [4.69, 9.17) is 5.73 Å². The quantitative estimate of drug-likeness (QED) is 0.802. The van der Waals surface area contributed by atoms with Crippen molar-refractivity contribution in [1.82, 2.24) is 19.6 Å². The molecular weight excluding hydrogens is 223 g/mol. The highest BCUT2D eigenvalue weighted by Gasteiger charge is 2.33. The van der Waals surface area contributed by atoms with E-state index in [0.29, 0.717) is 0 Å². The first-order valence-electron chi connectivity index (χ1n) is 4.30. The van der Waals surface area contributed by atoms with E-state index in [2.05, 4.69) is 10.2 Å². The van der Waals surface area contributed by atoms with Crippen LogP contribution in [0.4, 0.5) is 18.9 Å². The van der Waals surface area contributed by atoms with Crippen LogP contribution in [0.2, 0.25) is 0 Å². The average Bonchev–Trinajstić information content (AvgIpc) is 2.70. The number of alkyl halides is 3. The fourth-order valence-electron chi connectivity index (χ4n) is 1.27. The van der Waals surface area contributed by atoms with Gasteiger partial charge in [0.25, 0.3) is 0 Å². The smallest absolute Gasteiger partial charge is 0.394 e. The Labute approximate surface area is 88.3 Å². The van der Waals surface area contributed by atoms with Crippen molar-refractivity contribution in [2.75, 3.05) is 5.73 Å². The molecule has 0 aliphatic heterocycles. The first kappa shape index (κ1) is 10.5. The zero-order chi connectivity index (χ0) is 11.9. The molecule has 86 valence electrons. The van der Waals surface area contributed by atoms with E-state index in [1.165, 1.54) is 17.1 Å². The SMILES string of the molecule is Cn1cc(N)c(-n2ccc(C(F)(F)F)n2)n1. The van der Waals surface area contributed by atoms with Crippen LogP contribution in [0.5, 0.6) is 0 Å². The van der Waals surface area contributed by atoms with Crippen LogP contribution in [0.25, 0.3) is 5.82 Å². The molecule has 0 unspecified atom stereocenters. The van der Waals surface area contributed by atoms with E-state index in [0.717, 1.165) is 10.7 Å². The predicted octanol–water partition coefficient (Wildman–Crippen LogP) is 1.21. The Morgan fingerprint density at radius 3 is 2.44 bits per heavy atom. The number of aromatic nitrogens is 4. The maximum Gasteiger partial charge on any atom is 0.435 e. The zero-order valence-corrected chi connectivity index (χ0v) is 8.23.